The van der Waals surface area contributed by atoms with Crippen LogP contribution in [0, 0.1) is 0 Å². The van der Waals surface area contributed by atoms with Crippen LogP contribution in [-0.4, -0.2) is 24.1 Å². The second-order valence-electron chi connectivity index (χ2n) is 7.21. The third-order valence-corrected chi connectivity index (χ3v) is 7.08. The van der Waals surface area contributed by atoms with Crippen molar-refractivity contribution in [3.05, 3.63) is 33.3 Å². The van der Waals surface area contributed by atoms with E-state index in [1.807, 2.05) is 0 Å². The van der Waals surface area contributed by atoms with Gasteiger partial charge in [-0.2, -0.15) is 0 Å². The van der Waals surface area contributed by atoms with Crippen LogP contribution in [0.3, 0.4) is 0 Å². The van der Waals surface area contributed by atoms with Gasteiger partial charge in [0.25, 0.3) is 5.91 Å². The molecule has 0 aromatic heterocycles. The lowest BCUT2D eigenvalue weighted by molar-refractivity contribution is -0.125. The Bertz CT molecular complexity index is 822. The summed E-state index contributed by atoms with van der Waals surface area (Å²) in [6.45, 7) is 0.755. The van der Waals surface area contributed by atoms with Gasteiger partial charge in [-0.25, -0.2) is 4.79 Å². The maximum atomic E-state index is 12.2. The summed E-state index contributed by atoms with van der Waals surface area (Å²) in [6.07, 6.45) is 6.11. The number of allylic oxidation sites excluding steroid dienone is 1. The van der Waals surface area contributed by atoms with Crippen molar-refractivity contribution in [2.75, 3.05) is 6.61 Å². The number of urea groups is 1. The van der Waals surface area contributed by atoms with Gasteiger partial charge < -0.3 is 10.1 Å². The molecule has 1 saturated heterocycles. The number of halogens is 1. The minimum Gasteiger partial charge on any atom is -0.493 e. The highest BCUT2D eigenvalue weighted by Gasteiger charge is 2.54. The maximum absolute atomic E-state index is 12.2. The van der Waals surface area contributed by atoms with Crippen molar-refractivity contribution >= 4 is 33.9 Å². The van der Waals surface area contributed by atoms with E-state index in [1.165, 1.54) is 21.2 Å². The topological polar surface area (TPSA) is 67.4 Å². The highest BCUT2D eigenvalue weighted by molar-refractivity contribution is 9.11. The van der Waals surface area contributed by atoms with E-state index in [2.05, 4.69) is 44.8 Å². The SMILES string of the molecule is O=C1NC(=O)C2(CCC3(CC2)C(Br)=Cc2cc4c(cc23)OCC4)N1. The van der Waals surface area contributed by atoms with Gasteiger partial charge in [0.1, 0.15) is 11.3 Å². The Kier molecular flexibility index (Phi) is 2.80. The molecule has 0 unspecified atom stereocenters. The Labute approximate surface area is 148 Å². The second-order valence-corrected chi connectivity index (χ2v) is 8.06. The number of ether oxygens (including phenoxy) is 1. The smallest absolute Gasteiger partial charge is 0.322 e. The molecule has 0 bridgehead atoms. The van der Waals surface area contributed by atoms with Crippen molar-refractivity contribution in [1.29, 1.82) is 0 Å². The van der Waals surface area contributed by atoms with Gasteiger partial charge in [-0.05, 0) is 60.6 Å². The molecule has 1 aromatic rings. The quantitative estimate of drug-likeness (QED) is 0.671. The molecule has 6 heteroatoms. The molecule has 2 N–H and O–H groups in total. The lowest BCUT2D eigenvalue weighted by Crippen LogP contribution is -2.52. The molecule has 0 atom stereocenters. The van der Waals surface area contributed by atoms with E-state index >= 15 is 0 Å². The largest absolute Gasteiger partial charge is 0.493 e. The summed E-state index contributed by atoms with van der Waals surface area (Å²) in [5.41, 5.74) is 2.98. The van der Waals surface area contributed by atoms with Gasteiger partial charge in [-0.3, -0.25) is 10.1 Å². The number of benzene rings is 1. The van der Waals surface area contributed by atoms with Gasteiger partial charge in [0.15, 0.2) is 0 Å². The molecule has 124 valence electrons. The predicted octanol–water partition coefficient (Wildman–Crippen LogP) is 2.76. The molecule has 4 aliphatic rings. The highest BCUT2D eigenvalue weighted by atomic mass is 79.9. The van der Waals surface area contributed by atoms with Crippen LogP contribution in [-0.2, 0) is 16.6 Å². The van der Waals surface area contributed by atoms with Gasteiger partial charge in [0.05, 0.1) is 6.61 Å². The van der Waals surface area contributed by atoms with Crippen LogP contribution >= 0.6 is 15.9 Å². The third kappa shape index (κ3) is 1.75. The molecule has 0 radical (unpaired) electrons. The summed E-state index contributed by atoms with van der Waals surface area (Å²) in [5.74, 6) is 0.814. The molecule has 2 spiro atoms. The van der Waals surface area contributed by atoms with Crippen molar-refractivity contribution in [2.24, 2.45) is 0 Å². The number of carbonyl (C=O) groups excluding carboxylic acids is 2. The zero-order valence-corrected chi connectivity index (χ0v) is 14.7. The molecule has 2 fully saturated rings. The van der Waals surface area contributed by atoms with Crippen LogP contribution in [0.5, 0.6) is 5.75 Å². The minimum atomic E-state index is -0.731. The molecule has 24 heavy (non-hydrogen) atoms. The summed E-state index contributed by atoms with van der Waals surface area (Å²) in [6, 6.07) is 4.05. The molecule has 5 nitrogen and oxygen atoms in total. The van der Waals surface area contributed by atoms with Crippen molar-refractivity contribution < 1.29 is 14.3 Å². The van der Waals surface area contributed by atoms with Crippen molar-refractivity contribution in [1.82, 2.24) is 10.6 Å². The van der Waals surface area contributed by atoms with E-state index < -0.39 is 5.54 Å². The summed E-state index contributed by atoms with van der Waals surface area (Å²) < 4.78 is 6.93. The van der Waals surface area contributed by atoms with Gasteiger partial charge in [0.2, 0.25) is 0 Å². The van der Waals surface area contributed by atoms with E-state index in [9.17, 15) is 9.59 Å². The minimum absolute atomic E-state index is 0.102. The second kappa shape index (κ2) is 4.63. The average molecular weight is 389 g/mol. The summed E-state index contributed by atoms with van der Waals surface area (Å²) in [7, 11) is 0. The van der Waals surface area contributed by atoms with Crippen molar-refractivity contribution in [3.63, 3.8) is 0 Å². The lowest BCUT2D eigenvalue weighted by atomic mass is 9.65. The number of amides is 3. The Morgan fingerprint density at radius 3 is 2.62 bits per heavy atom. The molecule has 2 aliphatic heterocycles. The number of carbonyl (C=O) groups is 2. The summed E-state index contributed by atoms with van der Waals surface area (Å²) in [4.78, 5) is 23.8. The van der Waals surface area contributed by atoms with E-state index in [-0.39, 0.29) is 17.4 Å². The first-order valence-electron chi connectivity index (χ1n) is 8.34. The van der Waals surface area contributed by atoms with E-state index in [0.717, 1.165) is 31.6 Å². The lowest BCUT2D eigenvalue weighted by Gasteiger charge is -2.42. The first kappa shape index (κ1) is 14.5. The number of imide groups is 1. The van der Waals surface area contributed by atoms with Crippen LogP contribution in [0.1, 0.15) is 42.4 Å². The van der Waals surface area contributed by atoms with Crippen LogP contribution in [0.25, 0.3) is 6.08 Å². The molecular formula is C18H17BrN2O3. The fraction of sp³-hybridized carbons (Fsp3) is 0.444. The molecule has 2 heterocycles. The highest BCUT2D eigenvalue weighted by Crippen LogP contribution is 2.56. The van der Waals surface area contributed by atoms with Gasteiger partial charge in [-0.1, -0.05) is 15.9 Å². The average Bonchev–Trinajstić information content (AvgIpc) is 3.18. The number of fused-ring (bicyclic) bond motifs is 3. The van der Waals surface area contributed by atoms with E-state index in [1.54, 1.807) is 0 Å². The molecule has 2 aliphatic carbocycles. The zero-order chi connectivity index (χ0) is 16.5. The fourth-order valence-electron chi connectivity index (χ4n) is 4.67. The number of rotatable bonds is 0. The molecule has 1 aromatic carbocycles. The van der Waals surface area contributed by atoms with Crippen LogP contribution in [0.4, 0.5) is 4.79 Å². The summed E-state index contributed by atoms with van der Waals surface area (Å²) in [5, 5.41) is 5.23. The van der Waals surface area contributed by atoms with Gasteiger partial charge in [0, 0.05) is 16.3 Å². The van der Waals surface area contributed by atoms with Crippen molar-refractivity contribution in [2.45, 2.75) is 43.1 Å². The third-order valence-electron chi connectivity index (χ3n) is 6.09. The number of nitrogens with one attached hydrogen (secondary N) is 2. The molecule has 5 rings (SSSR count). The van der Waals surface area contributed by atoms with Gasteiger partial charge in [-0.15, -0.1) is 0 Å². The first-order chi connectivity index (χ1) is 11.5. The van der Waals surface area contributed by atoms with Crippen LogP contribution in [0.15, 0.2) is 16.6 Å². The van der Waals surface area contributed by atoms with E-state index in [4.69, 9.17) is 4.74 Å². The fourth-order valence-corrected chi connectivity index (χ4v) is 5.53. The first-order valence-corrected chi connectivity index (χ1v) is 9.13. The predicted molar refractivity (Wildman–Crippen MR) is 92.1 cm³/mol. The van der Waals surface area contributed by atoms with E-state index in [0.29, 0.717) is 12.8 Å². The standard InChI is InChI=1S/C18H17BrN2O3/c19-14-8-11-7-10-1-6-24-13(10)9-12(11)17(14)2-4-18(5-3-17)15(22)20-16(23)21-18/h7-9H,1-6H2,(H2,20,21,22,23). The van der Waals surface area contributed by atoms with Crippen LogP contribution in [0.2, 0.25) is 0 Å². The Hall–Kier alpha value is -1.82. The molecule has 3 amide bonds. The van der Waals surface area contributed by atoms with Crippen LogP contribution < -0.4 is 15.4 Å². The Morgan fingerprint density at radius 1 is 1.12 bits per heavy atom. The number of hydrogen-bond donors (Lipinski definition) is 2. The van der Waals surface area contributed by atoms with Gasteiger partial charge >= 0.3 is 6.03 Å². The normalized spacial score (nSPS) is 33.1. The zero-order valence-electron chi connectivity index (χ0n) is 13.1. The molecule has 1 saturated carbocycles. The summed E-state index contributed by atoms with van der Waals surface area (Å²) >= 11 is 3.78. The monoisotopic (exact) mass is 388 g/mol. The molecular weight excluding hydrogens is 372 g/mol. The maximum Gasteiger partial charge on any atom is 0.322 e. The van der Waals surface area contributed by atoms with Crippen molar-refractivity contribution in [3.8, 4) is 5.75 Å². The Balaban J connectivity index is 1.52. The number of hydrogen-bond acceptors (Lipinski definition) is 3. The Morgan fingerprint density at radius 2 is 1.92 bits per heavy atom.